The van der Waals surface area contributed by atoms with Crippen molar-refractivity contribution in [1.82, 2.24) is 5.32 Å². The molecule has 6 heteroatoms. The zero-order valence-corrected chi connectivity index (χ0v) is 19.7. The lowest BCUT2D eigenvalue weighted by Crippen LogP contribution is -2.32. The fourth-order valence-corrected chi connectivity index (χ4v) is 3.95. The van der Waals surface area contributed by atoms with Gasteiger partial charge in [-0.2, -0.15) is 5.26 Å². The van der Waals surface area contributed by atoms with Gasteiger partial charge < -0.3 is 19.5 Å². The summed E-state index contributed by atoms with van der Waals surface area (Å²) in [7, 11) is 4.60. The fraction of sp³-hybridized carbons (Fsp3) is 0.462. The van der Waals surface area contributed by atoms with Crippen molar-refractivity contribution in [3.05, 3.63) is 59.2 Å². The molecule has 0 radical (unpaired) electrons. The van der Waals surface area contributed by atoms with Gasteiger partial charge in [-0.3, -0.25) is 0 Å². The summed E-state index contributed by atoms with van der Waals surface area (Å²) in [5.74, 6) is 1.12. The Morgan fingerprint density at radius 3 is 2.44 bits per heavy atom. The van der Waals surface area contributed by atoms with Crippen molar-refractivity contribution in [2.24, 2.45) is 5.92 Å². The highest BCUT2D eigenvalue weighted by Gasteiger charge is 2.36. The Kier molecular flexibility index (Phi) is 9.55. The summed E-state index contributed by atoms with van der Waals surface area (Å²) >= 11 is 0. The van der Waals surface area contributed by atoms with Crippen molar-refractivity contribution in [3.8, 4) is 17.6 Å². The van der Waals surface area contributed by atoms with Gasteiger partial charge in [-0.05, 0) is 73.7 Å². The molecular weight excluding hydrogens is 404 g/mol. The summed E-state index contributed by atoms with van der Waals surface area (Å²) in [4.78, 5) is 11.7. The van der Waals surface area contributed by atoms with E-state index in [9.17, 15) is 10.1 Å². The fourth-order valence-electron chi connectivity index (χ4n) is 3.95. The standard InChI is InChI=1S/C26H34N2O4/c1-19(2)26(18-27,22-10-11-23(30-3)24(17-22)31-4)13-7-14-28-15-12-20-8-6-9-21(16-20)25(29)32-5/h6,8-11,16-17,19,28H,7,12-15H2,1-5H3/t26-/m0/s1. The quantitative estimate of drug-likeness (QED) is 0.388. The van der Waals surface area contributed by atoms with Gasteiger partial charge in [0, 0.05) is 0 Å². The second kappa shape index (κ2) is 12.1. The summed E-state index contributed by atoms with van der Waals surface area (Å²) in [6.45, 7) is 5.77. The van der Waals surface area contributed by atoms with Crippen molar-refractivity contribution in [1.29, 1.82) is 5.26 Å². The number of benzene rings is 2. The van der Waals surface area contributed by atoms with Gasteiger partial charge in [-0.25, -0.2) is 4.79 Å². The first kappa shape index (κ1) is 25.2. The molecule has 2 aromatic rings. The smallest absolute Gasteiger partial charge is 0.337 e. The highest BCUT2D eigenvalue weighted by Crippen LogP contribution is 2.40. The third kappa shape index (κ3) is 6.02. The molecule has 6 nitrogen and oxygen atoms in total. The monoisotopic (exact) mass is 438 g/mol. The number of carbonyl (C=O) groups is 1. The number of nitriles is 1. The molecule has 172 valence electrons. The van der Waals surface area contributed by atoms with E-state index in [0.717, 1.165) is 43.5 Å². The normalized spacial score (nSPS) is 12.7. The van der Waals surface area contributed by atoms with Crippen molar-refractivity contribution in [2.45, 2.75) is 38.5 Å². The number of nitrogens with one attached hydrogen (secondary N) is 1. The minimum Gasteiger partial charge on any atom is -0.493 e. The van der Waals surface area contributed by atoms with E-state index in [4.69, 9.17) is 14.2 Å². The second-order valence-electron chi connectivity index (χ2n) is 8.10. The maximum Gasteiger partial charge on any atom is 0.337 e. The van der Waals surface area contributed by atoms with Crippen LogP contribution < -0.4 is 14.8 Å². The summed E-state index contributed by atoms with van der Waals surface area (Å²) in [6.07, 6.45) is 2.41. The lowest BCUT2D eigenvalue weighted by Gasteiger charge is -2.32. The SMILES string of the molecule is COC(=O)c1cccc(CCNCCC[C@@](C#N)(c2ccc(OC)c(OC)c2)C(C)C)c1. The van der Waals surface area contributed by atoms with Crippen molar-refractivity contribution in [2.75, 3.05) is 34.4 Å². The Morgan fingerprint density at radius 1 is 1.06 bits per heavy atom. The van der Waals surface area contributed by atoms with Gasteiger partial charge in [-0.1, -0.05) is 32.0 Å². The molecular formula is C26H34N2O4. The Morgan fingerprint density at radius 2 is 1.81 bits per heavy atom. The second-order valence-corrected chi connectivity index (χ2v) is 8.10. The van der Waals surface area contributed by atoms with E-state index in [1.807, 2.05) is 36.4 Å². The minimum absolute atomic E-state index is 0.145. The predicted molar refractivity (Wildman–Crippen MR) is 125 cm³/mol. The summed E-state index contributed by atoms with van der Waals surface area (Å²) in [5, 5.41) is 13.6. The molecule has 2 aromatic carbocycles. The van der Waals surface area contributed by atoms with Gasteiger partial charge in [0.1, 0.15) is 0 Å². The molecule has 2 rings (SSSR count). The zero-order chi connectivity index (χ0) is 23.6. The molecule has 0 aliphatic carbocycles. The zero-order valence-electron chi connectivity index (χ0n) is 19.7. The number of rotatable bonds is 12. The molecule has 0 spiro atoms. The Bertz CT molecular complexity index is 936. The predicted octanol–water partition coefficient (Wildman–Crippen LogP) is 4.52. The van der Waals surface area contributed by atoms with Gasteiger partial charge in [0.2, 0.25) is 0 Å². The molecule has 0 amide bonds. The first-order valence-corrected chi connectivity index (χ1v) is 10.9. The van der Waals surface area contributed by atoms with E-state index >= 15 is 0 Å². The summed E-state index contributed by atoms with van der Waals surface area (Å²) < 4.78 is 15.6. The number of hydrogen-bond acceptors (Lipinski definition) is 6. The number of ether oxygens (including phenoxy) is 3. The van der Waals surface area contributed by atoms with Crippen LogP contribution in [0.5, 0.6) is 11.5 Å². The van der Waals surface area contributed by atoms with E-state index in [0.29, 0.717) is 17.1 Å². The maximum absolute atomic E-state index is 11.7. The molecule has 0 saturated carbocycles. The van der Waals surface area contributed by atoms with E-state index in [1.165, 1.54) is 7.11 Å². The molecule has 0 aromatic heterocycles. The molecule has 0 heterocycles. The molecule has 0 fully saturated rings. The van der Waals surface area contributed by atoms with E-state index in [-0.39, 0.29) is 11.9 Å². The topological polar surface area (TPSA) is 80.6 Å². The number of methoxy groups -OCH3 is 3. The van der Waals surface area contributed by atoms with Gasteiger partial charge in [-0.15, -0.1) is 0 Å². The molecule has 0 saturated heterocycles. The molecule has 1 N–H and O–H groups in total. The van der Waals surface area contributed by atoms with Crippen LogP contribution in [0.4, 0.5) is 0 Å². The first-order valence-electron chi connectivity index (χ1n) is 10.9. The Hall–Kier alpha value is -3.04. The van der Waals surface area contributed by atoms with E-state index in [1.54, 1.807) is 20.3 Å². The Balaban J connectivity index is 1.95. The largest absolute Gasteiger partial charge is 0.493 e. The van der Waals surface area contributed by atoms with Crippen molar-refractivity contribution >= 4 is 5.97 Å². The van der Waals surface area contributed by atoms with Gasteiger partial charge in [0.15, 0.2) is 11.5 Å². The Labute approximate surface area is 191 Å². The molecule has 0 aliphatic heterocycles. The molecule has 0 bridgehead atoms. The van der Waals surface area contributed by atoms with Crippen LogP contribution in [0.15, 0.2) is 42.5 Å². The number of esters is 1. The minimum atomic E-state index is -0.601. The van der Waals surface area contributed by atoms with Gasteiger partial charge in [0.05, 0.1) is 38.4 Å². The van der Waals surface area contributed by atoms with E-state index in [2.05, 4.69) is 25.2 Å². The van der Waals surface area contributed by atoms with Crippen molar-refractivity contribution < 1.29 is 19.0 Å². The molecule has 32 heavy (non-hydrogen) atoms. The van der Waals surface area contributed by atoms with Crippen LogP contribution in [0.1, 0.15) is 48.2 Å². The van der Waals surface area contributed by atoms with Gasteiger partial charge in [0.25, 0.3) is 0 Å². The molecule has 0 unspecified atom stereocenters. The number of hydrogen-bond donors (Lipinski definition) is 1. The maximum atomic E-state index is 11.7. The molecule has 1 atom stereocenters. The number of carbonyl (C=O) groups excluding carboxylic acids is 1. The lowest BCUT2D eigenvalue weighted by atomic mass is 9.70. The number of nitrogens with zero attached hydrogens (tertiary/aromatic N) is 1. The highest BCUT2D eigenvalue weighted by atomic mass is 16.5. The average Bonchev–Trinajstić information content (AvgIpc) is 2.82. The van der Waals surface area contributed by atoms with Crippen LogP contribution >= 0.6 is 0 Å². The van der Waals surface area contributed by atoms with Crippen LogP contribution in [0.25, 0.3) is 0 Å². The third-order valence-corrected chi connectivity index (χ3v) is 5.95. The van der Waals surface area contributed by atoms with Crippen LogP contribution in [0.3, 0.4) is 0 Å². The molecule has 0 aliphatic rings. The van der Waals surface area contributed by atoms with Crippen LogP contribution in [0.2, 0.25) is 0 Å². The lowest BCUT2D eigenvalue weighted by molar-refractivity contribution is 0.0600. The van der Waals surface area contributed by atoms with Crippen LogP contribution in [-0.4, -0.2) is 40.4 Å². The first-order chi connectivity index (χ1) is 15.4. The van der Waals surface area contributed by atoms with Crippen molar-refractivity contribution in [3.63, 3.8) is 0 Å². The average molecular weight is 439 g/mol. The van der Waals surface area contributed by atoms with E-state index < -0.39 is 5.41 Å². The third-order valence-electron chi connectivity index (χ3n) is 5.95. The van der Waals surface area contributed by atoms with Gasteiger partial charge >= 0.3 is 5.97 Å². The van der Waals surface area contributed by atoms with Crippen LogP contribution in [0, 0.1) is 17.2 Å². The summed E-state index contributed by atoms with van der Waals surface area (Å²) in [5.41, 5.74) is 2.00. The van der Waals surface area contributed by atoms with Crippen LogP contribution in [-0.2, 0) is 16.6 Å². The summed E-state index contributed by atoms with van der Waals surface area (Å²) in [6, 6.07) is 15.8. The highest BCUT2D eigenvalue weighted by molar-refractivity contribution is 5.89.